The Morgan fingerprint density at radius 2 is 1.74 bits per heavy atom. The Hall–Kier alpha value is -1.16. The molecule has 0 bridgehead atoms. The van der Waals surface area contributed by atoms with E-state index in [2.05, 4.69) is 5.32 Å². The number of halogens is 4. The highest BCUT2D eigenvalue weighted by molar-refractivity contribution is 6.33. The van der Waals surface area contributed by atoms with Gasteiger partial charge in [0.1, 0.15) is 0 Å². The van der Waals surface area contributed by atoms with Gasteiger partial charge in [0.25, 0.3) is 0 Å². The van der Waals surface area contributed by atoms with Crippen molar-refractivity contribution in [2.24, 2.45) is 0 Å². The molecule has 0 radical (unpaired) electrons. The fraction of sp³-hybridized carbons (Fsp3) is 0.143. The van der Waals surface area contributed by atoms with Crippen LogP contribution in [-0.4, -0.2) is 7.05 Å². The lowest BCUT2D eigenvalue weighted by Gasteiger charge is -2.19. The van der Waals surface area contributed by atoms with Crippen molar-refractivity contribution in [3.05, 3.63) is 69.2 Å². The normalized spacial score (nSPS) is 12.5. The standard InChI is InChI=1S/C14H11Cl2F2N/c1-19-14(8-2-5-12(17)13(18)6-8)10-7-9(15)3-4-11(10)16/h2-7,14,19H,1H3. The Morgan fingerprint density at radius 1 is 1.00 bits per heavy atom. The lowest BCUT2D eigenvalue weighted by Crippen LogP contribution is -2.18. The maximum Gasteiger partial charge on any atom is 0.159 e. The molecule has 5 heteroatoms. The van der Waals surface area contributed by atoms with Crippen molar-refractivity contribution in [3.8, 4) is 0 Å². The molecule has 0 fully saturated rings. The zero-order valence-corrected chi connectivity index (χ0v) is 11.6. The minimum Gasteiger partial charge on any atom is -0.309 e. The molecule has 0 aliphatic rings. The zero-order chi connectivity index (χ0) is 14.0. The van der Waals surface area contributed by atoms with Crippen LogP contribution in [0.5, 0.6) is 0 Å². The third-order valence-electron chi connectivity index (χ3n) is 2.83. The van der Waals surface area contributed by atoms with Crippen LogP contribution in [0.25, 0.3) is 0 Å². The molecule has 0 heterocycles. The average molecular weight is 302 g/mol. The Kier molecular flexibility index (Phi) is 4.40. The summed E-state index contributed by atoms with van der Waals surface area (Å²) in [5.41, 5.74) is 1.29. The van der Waals surface area contributed by atoms with Gasteiger partial charge in [-0.15, -0.1) is 0 Å². The fourth-order valence-corrected chi connectivity index (χ4v) is 2.34. The van der Waals surface area contributed by atoms with Crippen LogP contribution in [0.15, 0.2) is 36.4 Å². The first-order valence-electron chi connectivity index (χ1n) is 5.60. The van der Waals surface area contributed by atoms with E-state index < -0.39 is 11.6 Å². The van der Waals surface area contributed by atoms with E-state index in [1.54, 1.807) is 25.2 Å². The Morgan fingerprint density at radius 3 is 2.37 bits per heavy atom. The van der Waals surface area contributed by atoms with E-state index in [0.29, 0.717) is 21.2 Å². The van der Waals surface area contributed by atoms with E-state index in [0.717, 1.165) is 12.1 Å². The van der Waals surface area contributed by atoms with Crippen LogP contribution in [0.2, 0.25) is 10.0 Å². The van der Waals surface area contributed by atoms with Crippen molar-refractivity contribution in [2.45, 2.75) is 6.04 Å². The summed E-state index contributed by atoms with van der Waals surface area (Å²) in [5.74, 6) is -1.77. The van der Waals surface area contributed by atoms with Crippen LogP contribution in [0, 0.1) is 11.6 Å². The first kappa shape index (κ1) is 14.3. The molecule has 0 spiro atoms. The highest BCUT2D eigenvalue weighted by atomic mass is 35.5. The molecule has 0 saturated heterocycles. The lowest BCUT2D eigenvalue weighted by atomic mass is 9.98. The molecule has 1 atom stereocenters. The van der Waals surface area contributed by atoms with Gasteiger partial charge in [-0.1, -0.05) is 29.3 Å². The SMILES string of the molecule is CNC(c1ccc(F)c(F)c1)c1cc(Cl)ccc1Cl. The molecule has 0 amide bonds. The summed E-state index contributed by atoms with van der Waals surface area (Å²) in [6, 6.07) is 8.43. The van der Waals surface area contributed by atoms with Gasteiger partial charge in [0, 0.05) is 10.0 Å². The molecule has 100 valence electrons. The van der Waals surface area contributed by atoms with E-state index in [1.165, 1.54) is 6.07 Å². The molecule has 2 aromatic rings. The number of benzene rings is 2. The monoisotopic (exact) mass is 301 g/mol. The van der Waals surface area contributed by atoms with Crippen molar-refractivity contribution in [2.75, 3.05) is 7.05 Å². The molecular weight excluding hydrogens is 291 g/mol. The molecular formula is C14H11Cl2F2N. The molecule has 2 rings (SSSR count). The number of rotatable bonds is 3. The maximum atomic E-state index is 13.3. The molecule has 19 heavy (non-hydrogen) atoms. The predicted molar refractivity (Wildman–Crippen MR) is 73.7 cm³/mol. The third-order valence-corrected chi connectivity index (χ3v) is 3.41. The van der Waals surface area contributed by atoms with Gasteiger partial charge in [-0.05, 0) is 48.5 Å². The average Bonchev–Trinajstić information content (AvgIpc) is 2.38. The van der Waals surface area contributed by atoms with Crippen molar-refractivity contribution in [1.82, 2.24) is 5.32 Å². The Balaban J connectivity index is 2.49. The van der Waals surface area contributed by atoms with Gasteiger partial charge in [-0.3, -0.25) is 0 Å². The Labute approximate surface area is 120 Å². The summed E-state index contributed by atoms with van der Waals surface area (Å²) in [5, 5.41) is 4.05. The van der Waals surface area contributed by atoms with Crippen LogP contribution in [0.1, 0.15) is 17.2 Å². The van der Waals surface area contributed by atoms with Crippen LogP contribution in [-0.2, 0) is 0 Å². The molecule has 1 N–H and O–H groups in total. The van der Waals surface area contributed by atoms with Gasteiger partial charge in [0.05, 0.1) is 6.04 Å². The number of nitrogens with one attached hydrogen (secondary N) is 1. The minimum absolute atomic E-state index is 0.360. The quantitative estimate of drug-likeness (QED) is 0.875. The van der Waals surface area contributed by atoms with E-state index in [9.17, 15) is 8.78 Å². The highest BCUT2D eigenvalue weighted by Crippen LogP contribution is 2.31. The van der Waals surface area contributed by atoms with Gasteiger partial charge in [-0.25, -0.2) is 8.78 Å². The van der Waals surface area contributed by atoms with E-state index >= 15 is 0 Å². The minimum atomic E-state index is -0.893. The summed E-state index contributed by atoms with van der Waals surface area (Å²) in [6.45, 7) is 0. The first-order valence-corrected chi connectivity index (χ1v) is 6.35. The van der Waals surface area contributed by atoms with Gasteiger partial charge in [-0.2, -0.15) is 0 Å². The number of hydrogen-bond acceptors (Lipinski definition) is 1. The first-order chi connectivity index (χ1) is 9.02. The molecule has 1 nitrogen and oxygen atoms in total. The van der Waals surface area contributed by atoms with Crippen LogP contribution in [0.3, 0.4) is 0 Å². The summed E-state index contributed by atoms with van der Waals surface area (Å²) >= 11 is 12.1. The topological polar surface area (TPSA) is 12.0 Å². The second kappa shape index (κ2) is 5.87. The molecule has 2 aromatic carbocycles. The molecule has 0 saturated carbocycles. The molecule has 0 aromatic heterocycles. The van der Waals surface area contributed by atoms with Gasteiger partial charge in [0.2, 0.25) is 0 Å². The Bertz CT molecular complexity index is 602. The summed E-state index contributed by atoms with van der Waals surface area (Å²) in [7, 11) is 1.71. The smallest absolute Gasteiger partial charge is 0.159 e. The highest BCUT2D eigenvalue weighted by Gasteiger charge is 2.17. The van der Waals surface area contributed by atoms with Crippen LogP contribution < -0.4 is 5.32 Å². The fourth-order valence-electron chi connectivity index (χ4n) is 1.93. The van der Waals surface area contributed by atoms with Crippen molar-refractivity contribution in [3.63, 3.8) is 0 Å². The van der Waals surface area contributed by atoms with Crippen molar-refractivity contribution < 1.29 is 8.78 Å². The van der Waals surface area contributed by atoms with Gasteiger partial charge < -0.3 is 5.32 Å². The zero-order valence-electron chi connectivity index (χ0n) is 10.1. The van der Waals surface area contributed by atoms with Gasteiger partial charge >= 0.3 is 0 Å². The second-order valence-electron chi connectivity index (χ2n) is 4.06. The predicted octanol–water partition coefficient (Wildman–Crippen LogP) is 4.58. The second-order valence-corrected chi connectivity index (χ2v) is 4.90. The molecule has 1 unspecified atom stereocenters. The number of hydrogen-bond donors (Lipinski definition) is 1. The van der Waals surface area contributed by atoms with Crippen molar-refractivity contribution >= 4 is 23.2 Å². The summed E-state index contributed by atoms with van der Waals surface area (Å²) < 4.78 is 26.3. The largest absolute Gasteiger partial charge is 0.309 e. The van der Waals surface area contributed by atoms with Crippen LogP contribution in [0.4, 0.5) is 8.78 Å². The van der Waals surface area contributed by atoms with Crippen LogP contribution >= 0.6 is 23.2 Å². The molecule has 0 aliphatic carbocycles. The van der Waals surface area contributed by atoms with Gasteiger partial charge in [0.15, 0.2) is 11.6 Å². The maximum absolute atomic E-state index is 13.3. The summed E-state index contributed by atoms with van der Waals surface area (Å²) in [4.78, 5) is 0. The van der Waals surface area contributed by atoms with Crippen molar-refractivity contribution in [1.29, 1.82) is 0 Å². The van der Waals surface area contributed by atoms with E-state index in [1.807, 2.05) is 0 Å². The third kappa shape index (κ3) is 3.06. The van der Waals surface area contributed by atoms with E-state index in [4.69, 9.17) is 23.2 Å². The summed E-state index contributed by atoms with van der Waals surface area (Å²) in [6.07, 6.45) is 0. The lowest BCUT2D eigenvalue weighted by molar-refractivity contribution is 0.505. The molecule has 0 aliphatic heterocycles. The van der Waals surface area contributed by atoms with E-state index in [-0.39, 0.29) is 6.04 Å².